The lowest BCUT2D eigenvalue weighted by atomic mass is 9.99. The van der Waals surface area contributed by atoms with Crippen LogP contribution in [0.15, 0.2) is 80.6 Å². The van der Waals surface area contributed by atoms with E-state index in [0.717, 1.165) is 18.3 Å². The van der Waals surface area contributed by atoms with Crippen molar-refractivity contribution in [1.82, 2.24) is 5.16 Å². The van der Waals surface area contributed by atoms with E-state index in [-0.39, 0.29) is 33.2 Å². The van der Waals surface area contributed by atoms with E-state index in [1.54, 1.807) is 13.0 Å². The summed E-state index contributed by atoms with van der Waals surface area (Å²) in [6, 6.07) is 13.8. The summed E-state index contributed by atoms with van der Waals surface area (Å²) in [5, 5.41) is 38.5. The summed E-state index contributed by atoms with van der Waals surface area (Å²) in [5.41, 5.74) is -0.310. The van der Waals surface area contributed by atoms with Crippen LogP contribution in [0, 0.1) is 35.5 Å². The van der Waals surface area contributed by atoms with Crippen molar-refractivity contribution in [2.75, 3.05) is 9.62 Å². The van der Waals surface area contributed by atoms with Crippen molar-refractivity contribution in [1.29, 1.82) is 10.5 Å². The zero-order valence-corrected chi connectivity index (χ0v) is 21.8. The van der Waals surface area contributed by atoms with E-state index in [2.05, 4.69) is 15.6 Å². The number of hydrogen-bond donors (Lipinski definition) is 2. The summed E-state index contributed by atoms with van der Waals surface area (Å²) in [4.78, 5) is 30.7. The molecule has 2 unspecified atom stereocenters. The second-order valence-corrected chi connectivity index (χ2v) is 10.3. The molecular formula is C26H20N6O7S. The molecule has 2 amide bonds. The SMILES string of the molecule is Cc1oncc1C(=O)N(c1ccc(C#N)cc1)S(=O)(=O)c1ccc(NC(=O)/C(C#N)=C(\O)C2C=NOC2C)cc1. The number of amides is 2. The highest BCUT2D eigenvalue weighted by Crippen LogP contribution is 2.28. The number of hydrogen-bond acceptors (Lipinski definition) is 11. The Labute approximate surface area is 228 Å². The predicted octanol–water partition coefficient (Wildman–Crippen LogP) is 3.19. The average Bonchev–Trinajstić information content (AvgIpc) is 3.57. The number of nitrogens with one attached hydrogen (secondary N) is 1. The average molecular weight is 561 g/mol. The van der Waals surface area contributed by atoms with Crippen molar-refractivity contribution >= 4 is 39.4 Å². The number of nitrogens with zero attached hydrogens (tertiary/aromatic N) is 5. The van der Waals surface area contributed by atoms with Crippen LogP contribution in [-0.4, -0.2) is 42.8 Å². The van der Waals surface area contributed by atoms with Gasteiger partial charge in [0.25, 0.3) is 21.8 Å². The number of oxime groups is 1. The Kier molecular flexibility index (Phi) is 7.65. The van der Waals surface area contributed by atoms with Crippen molar-refractivity contribution in [3.8, 4) is 12.1 Å². The molecule has 2 aromatic carbocycles. The number of anilines is 2. The molecule has 3 aromatic rings. The number of benzene rings is 2. The molecule has 0 fully saturated rings. The van der Waals surface area contributed by atoms with Gasteiger partial charge >= 0.3 is 0 Å². The Bertz CT molecular complexity index is 1710. The molecule has 0 bridgehead atoms. The maximum absolute atomic E-state index is 13.7. The quantitative estimate of drug-likeness (QED) is 0.246. The van der Waals surface area contributed by atoms with Crippen molar-refractivity contribution < 1.29 is 32.5 Å². The number of aliphatic hydroxyl groups is 1. The van der Waals surface area contributed by atoms with Crippen LogP contribution in [-0.2, 0) is 19.7 Å². The van der Waals surface area contributed by atoms with Crippen molar-refractivity contribution in [3.63, 3.8) is 0 Å². The van der Waals surface area contributed by atoms with Gasteiger partial charge in [0, 0.05) is 5.69 Å². The third-order valence-corrected chi connectivity index (χ3v) is 7.64. The number of aliphatic hydroxyl groups excluding tert-OH is 1. The summed E-state index contributed by atoms with van der Waals surface area (Å²) >= 11 is 0. The fourth-order valence-corrected chi connectivity index (χ4v) is 5.13. The molecule has 1 aliphatic rings. The number of aryl methyl sites for hydroxylation is 1. The molecule has 2 atom stereocenters. The molecule has 202 valence electrons. The zero-order valence-electron chi connectivity index (χ0n) is 21.0. The van der Waals surface area contributed by atoms with E-state index in [1.165, 1.54) is 49.5 Å². The lowest BCUT2D eigenvalue weighted by Gasteiger charge is -2.22. The topological polar surface area (TPSA) is 199 Å². The van der Waals surface area contributed by atoms with Gasteiger partial charge in [-0.3, -0.25) is 9.59 Å². The zero-order chi connectivity index (χ0) is 29.0. The molecule has 1 aromatic heterocycles. The van der Waals surface area contributed by atoms with E-state index < -0.39 is 45.2 Å². The van der Waals surface area contributed by atoms with Crippen LogP contribution >= 0.6 is 0 Å². The third-order valence-electron chi connectivity index (χ3n) is 5.91. The molecule has 0 saturated carbocycles. The lowest BCUT2D eigenvalue weighted by molar-refractivity contribution is -0.112. The van der Waals surface area contributed by atoms with Crippen molar-refractivity contribution in [2.24, 2.45) is 11.1 Å². The van der Waals surface area contributed by atoms with Crippen LogP contribution in [0.5, 0.6) is 0 Å². The Morgan fingerprint density at radius 1 is 1.10 bits per heavy atom. The monoisotopic (exact) mass is 560 g/mol. The van der Waals surface area contributed by atoms with Crippen LogP contribution in [0.4, 0.5) is 11.4 Å². The second-order valence-electron chi connectivity index (χ2n) is 8.47. The molecule has 0 aliphatic carbocycles. The number of carbonyl (C=O) groups excluding carboxylic acids is 2. The molecular weight excluding hydrogens is 540 g/mol. The predicted molar refractivity (Wildman–Crippen MR) is 139 cm³/mol. The van der Waals surface area contributed by atoms with E-state index in [1.807, 2.05) is 6.07 Å². The number of aromatic nitrogens is 1. The highest BCUT2D eigenvalue weighted by molar-refractivity contribution is 7.93. The summed E-state index contributed by atoms with van der Waals surface area (Å²) in [6.07, 6.45) is 1.79. The van der Waals surface area contributed by atoms with Gasteiger partial charge in [-0.15, -0.1) is 0 Å². The van der Waals surface area contributed by atoms with Crippen LogP contribution in [0.2, 0.25) is 0 Å². The Hall–Kier alpha value is -5.47. The van der Waals surface area contributed by atoms with Gasteiger partial charge in [0.15, 0.2) is 5.57 Å². The Morgan fingerprint density at radius 2 is 1.77 bits per heavy atom. The molecule has 14 heteroatoms. The van der Waals surface area contributed by atoms with Crippen LogP contribution in [0.3, 0.4) is 0 Å². The van der Waals surface area contributed by atoms with E-state index >= 15 is 0 Å². The fraction of sp³-hybridized carbons (Fsp3) is 0.154. The lowest BCUT2D eigenvalue weighted by Crippen LogP contribution is -2.37. The smallest absolute Gasteiger partial charge is 0.277 e. The van der Waals surface area contributed by atoms with Gasteiger partial charge in [0.05, 0.1) is 40.5 Å². The molecule has 0 saturated heterocycles. The summed E-state index contributed by atoms with van der Waals surface area (Å²) in [6.45, 7) is 3.06. The number of carbonyl (C=O) groups is 2. The van der Waals surface area contributed by atoms with Gasteiger partial charge in [0.2, 0.25) is 0 Å². The fourth-order valence-electron chi connectivity index (χ4n) is 3.73. The van der Waals surface area contributed by atoms with Gasteiger partial charge < -0.3 is 19.8 Å². The Morgan fingerprint density at radius 3 is 2.30 bits per heavy atom. The van der Waals surface area contributed by atoms with Crippen LogP contribution in [0.1, 0.15) is 28.6 Å². The first-order valence-corrected chi connectivity index (χ1v) is 13.0. The van der Waals surface area contributed by atoms with Crippen molar-refractivity contribution in [3.05, 3.63) is 82.9 Å². The normalized spacial score (nSPS) is 16.7. The molecule has 0 radical (unpaired) electrons. The van der Waals surface area contributed by atoms with E-state index in [0.29, 0.717) is 4.31 Å². The Balaban J connectivity index is 1.64. The minimum absolute atomic E-state index is 0.0325. The van der Waals surface area contributed by atoms with Crippen molar-refractivity contribution in [2.45, 2.75) is 24.8 Å². The first-order chi connectivity index (χ1) is 19.1. The van der Waals surface area contributed by atoms with Crippen LogP contribution < -0.4 is 9.62 Å². The van der Waals surface area contributed by atoms with Crippen LogP contribution in [0.25, 0.3) is 0 Å². The molecule has 40 heavy (non-hydrogen) atoms. The molecule has 1 aliphatic heterocycles. The maximum atomic E-state index is 13.7. The minimum atomic E-state index is -4.52. The van der Waals surface area contributed by atoms with Gasteiger partial charge in [-0.25, -0.2) is 8.42 Å². The first kappa shape index (κ1) is 27.6. The standard InChI is InChI=1S/C26H20N6O7S/c1-15-22(13-29-38-15)24(33)21(12-28)25(34)31-18-5-9-20(10-6-18)40(36,37)32(19-7-3-17(11-27)4-8-19)26(35)23-14-30-39-16(23)2/h3-10,13-15,22,33H,1-2H3,(H,31,34)/b24-21-. The molecule has 0 spiro atoms. The number of rotatable bonds is 7. The molecule has 4 rings (SSSR count). The summed E-state index contributed by atoms with van der Waals surface area (Å²) in [5.74, 6) is -3.07. The third kappa shape index (κ3) is 5.24. The first-order valence-electron chi connectivity index (χ1n) is 11.5. The van der Waals surface area contributed by atoms with Gasteiger partial charge in [0.1, 0.15) is 29.3 Å². The minimum Gasteiger partial charge on any atom is -0.510 e. The number of nitriles is 2. The molecule has 13 nitrogen and oxygen atoms in total. The highest BCUT2D eigenvalue weighted by Gasteiger charge is 2.34. The summed E-state index contributed by atoms with van der Waals surface area (Å²) < 4.78 is 32.9. The largest absolute Gasteiger partial charge is 0.510 e. The number of sulfonamides is 1. The maximum Gasteiger partial charge on any atom is 0.277 e. The van der Waals surface area contributed by atoms with E-state index in [4.69, 9.17) is 14.6 Å². The van der Waals surface area contributed by atoms with Gasteiger partial charge in [-0.2, -0.15) is 14.8 Å². The summed E-state index contributed by atoms with van der Waals surface area (Å²) in [7, 11) is -4.52. The van der Waals surface area contributed by atoms with Gasteiger partial charge in [-0.05, 0) is 62.4 Å². The highest BCUT2D eigenvalue weighted by atomic mass is 32.2. The molecule has 2 heterocycles. The molecule has 2 N–H and O–H groups in total. The van der Waals surface area contributed by atoms with Gasteiger partial charge in [-0.1, -0.05) is 10.3 Å². The second kappa shape index (κ2) is 11.1. The van der Waals surface area contributed by atoms with E-state index in [9.17, 15) is 28.4 Å².